The van der Waals surface area contributed by atoms with Crippen LogP contribution >= 0.6 is 0 Å². The summed E-state index contributed by atoms with van der Waals surface area (Å²) in [5.41, 5.74) is 1.02. The minimum absolute atomic E-state index is 0.318. The van der Waals surface area contributed by atoms with E-state index in [1.54, 1.807) is 19.0 Å². The van der Waals surface area contributed by atoms with Gasteiger partial charge in [0.15, 0.2) is 11.6 Å². The zero-order valence-electron chi connectivity index (χ0n) is 16.2. The van der Waals surface area contributed by atoms with Crippen molar-refractivity contribution in [3.8, 4) is 0 Å². The second-order valence-corrected chi connectivity index (χ2v) is 7.23. The van der Waals surface area contributed by atoms with Crippen molar-refractivity contribution in [2.75, 3.05) is 37.0 Å². The van der Waals surface area contributed by atoms with E-state index in [0.717, 1.165) is 44.0 Å². The van der Waals surface area contributed by atoms with Gasteiger partial charge in [-0.3, -0.25) is 4.98 Å². The second kappa shape index (κ2) is 7.92. The number of nitrogens with zero attached hydrogens (tertiary/aromatic N) is 7. The average molecular weight is 381 g/mol. The molecule has 146 valence electrons. The van der Waals surface area contributed by atoms with Gasteiger partial charge in [0.1, 0.15) is 5.82 Å². The molecule has 0 saturated carbocycles. The molecular weight excluding hydrogens is 357 g/mol. The van der Waals surface area contributed by atoms with Crippen LogP contribution in [0.25, 0.3) is 0 Å². The number of pyridine rings is 1. The van der Waals surface area contributed by atoms with Crippen LogP contribution in [0, 0.1) is 5.82 Å². The first-order valence-corrected chi connectivity index (χ1v) is 9.47. The maximum absolute atomic E-state index is 13.9. The SMILES string of the molecule is CN(C)c1nc(N2CCC(c3nccn3Cc3ccccn3)CC2)ncc1F. The van der Waals surface area contributed by atoms with Crippen molar-refractivity contribution in [2.24, 2.45) is 0 Å². The number of rotatable bonds is 5. The fourth-order valence-corrected chi connectivity index (χ4v) is 3.63. The van der Waals surface area contributed by atoms with Crippen molar-refractivity contribution >= 4 is 11.8 Å². The summed E-state index contributed by atoms with van der Waals surface area (Å²) in [7, 11) is 3.56. The first-order valence-electron chi connectivity index (χ1n) is 9.47. The number of piperidine rings is 1. The Labute approximate surface area is 163 Å². The lowest BCUT2D eigenvalue weighted by Gasteiger charge is -2.32. The molecule has 3 aromatic heterocycles. The van der Waals surface area contributed by atoms with Crippen LogP contribution in [0.15, 0.2) is 43.0 Å². The Balaban J connectivity index is 1.44. The molecule has 8 heteroatoms. The Bertz CT molecular complexity index is 917. The van der Waals surface area contributed by atoms with E-state index >= 15 is 0 Å². The third kappa shape index (κ3) is 3.81. The molecule has 0 aliphatic carbocycles. The van der Waals surface area contributed by atoms with E-state index in [9.17, 15) is 4.39 Å². The topological polar surface area (TPSA) is 63.0 Å². The number of imidazole rings is 1. The molecule has 0 N–H and O–H groups in total. The minimum Gasteiger partial charge on any atom is -0.360 e. The van der Waals surface area contributed by atoms with Crippen LogP contribution < -0.4 is 9.80 Å². The molecule has 3 aromatic rings. The largest absolute Gasteiger partial charge is 0.360 e. The van der Waals surface area contributed by atoms with Crippen molar-refractivity contribution in [1.82, 2.24) is 24.5 Å². The van der Waals surface area contributed by atoms with Crippen molar-refractivity contribution in [2.45, 2.75) is 25.3 Å². The zero-order chi connectivity index (χ0) is 19.5. The lowest BCUT2D eigenvalue weighted by atomic mass is 9.96. The molecule has 0 unspecified atom stereocenters. The highest BCUT2D eigenvalue weighted by Gasteiger charge is 2.26. The molecule has 1 saturated heterocycles. The second-order valence-electron chi connectivity index (χ2n) is 7.23. The smallest absolute Gasteiger partial charge is 0.227 e. The summed E-state index contributed by atoms with van der Waals surface area (Å²) in [5.74, 6) is 1.97. The van der Waals surface area contributed by atoms with Crippen LogP contribution in [0.2, 0.25) is 0 Å². The maximum atomic E-state index is 13.9. The van der Waals surface area contributed by atoms with Crippen LogP contribution in [0.1, 0.15) is 30.3 Å². The van der Waals surface area contributed by atoms with Gasteiger partial charge in [-0.15, -0.1) is 0 Å². The van der Waals surface area contributed by atoms with Crippen molar-refractivity contribution < 1.29 is 4.39 Å². The quantitative estimate of drug-likeness (QED) is 0.677. The highest BCUT2D eigenvalue weighted by Crippen LogP contribution is 2.29. The van der Waals surface area contributed by atoms with Gasteiger partial charge in [-0.1, -0.05) is 6.07 Å². The number of hydrogen-bond donors (Lipinski definition) is 0. The van der Waals surface area contributed by atoms with Crippen LogP contribution in [0.3, 0.4) is 0 Å². The molecule has 0 amide bonds. The van der Waals surface area contributed by atoms with Gasteiger partial charge in [0, 0.05) is 51.7 Å². The van der Waals surface area contributed by atoms with Crippen molar-refractivity contribution in [1.29, 1.82) is 0 Å². The molecule has 28 heavy (non-hydrogen) atoms. The van der Waals surface area contributed by atoms with Gasteiger partial charge in [0.05, 0.1) is 18.4 Å². The van der Waals surface area contributed by atoms with Crippen LogP contribution in [-0.4, -0.2) is 51.7 Å². The Morgan fingerprint density at radius 2 is 1.93 bits per heavy atom. The van der Waals surface area contributed by atoms with E-state index in [1.807, 2.05) is 36.8 Å². The highest BCUT2D eigenvalue weighted by atomic mass is 19.1. The molecular formula is C20H24FN7. The Morgan fingerprint density at radius 3 is 2.64 bits per heavy atom. The molecule has 7 nitrogen and oxygen atoms in total. The summed E-state index contributed by atoms with van der Waals surface area (Å²) in [6, 6.07) is 5.95. The van der Waals surface area contributed by atoms with E-state index in [2.05, 4.69) is 29.4 Å². The summed E-state index contributed by atoms with van der Waals surface area (Å²) < 4.78 is 16.0. The first-order chi connectivity index (χ1) is 13.6. The van der Waals surface area contributed by atoms with Crippen molar-refractivity contribution in [3.63, 3.8) is 0 Å². The summed E-state index contributed by atoms with van der Waals surface area (Å²) >= 11 is 0. The lowest BCUT2D eigenvalue weighted by molar-refractivity contribution is 0.464. The molecule has 1 fully saturated rings. The predicted octanol–water partition coefficient (Wildman–Crippen LogP) is 2.71. The monoisotopic (exact) mass is 381 g/mol. The minimum atomic E-state index is -0.403. The van der Waals surface area contributed by atoms with Crippen molar-refractivity contribution in [3.05, 3.63) is 60.3 Å². The van der Waals surface area contributed by atoms with Crippen LogP contribution in [0.4, 0.5) is 16.2 Å². The molecule has 1 aliphatic rings. The Hall–Kier alpha value is -3.03. The van der Waals surface area contributed by atoms with Crippen LogP contribution in [-0.2, 0) is 6.54 Å². The predicted molar refractivity (Wildman–Crippen MR) is 106 cm³/mol. The summed E-state index contributed by atoms with van der Waals surface area (Å²) in [6.07, 6.45) is 8.85. The Morgan fingerprint density at radius 1 is 1.11 bits per heavy atom. The summed E-state index contributed by atoms with van der Waals surface area (Å²) in [6.45, 7) is 2.36. The van der Waals surface area contributed by atoms with Gasteiger partial charge in [-0.2, -0.15) is 4.98 Å². The fraction of sp³-hybridized carbons (Fsp3) is 0.400. The van der Waals surface area contributed by atoms with E-state index in [0.29, 0.717) is 17.7 Å². The average Bonchev–Trinajstić information content (AvgIpc) is 3.17. The molecule has 4 heterocycles. The van der Waals surface area contributed by atoms with E-state index in [-0.39, 0.29) is 0 Å². The van der Waals surface area contributed by atoms with E-state index in [4.69, 9.17) is 0 Å². The number of halogens is 1. The molecule has 0 bridgehead atoms. The number of aromatic nitrogens is 5. The van der Waals surface area contributed by atoms with Gasteiger partial charge in [-0.25, -0.2) is 14.4 Å². The maximum Gasteiger partial charge on any atom is 0.227 e. The Kier molecular flexibility index (Phi) is 5.18. The van der Waals surface area contributed by atoms with Crippen LogP contribution in [0.5, 0.6) is 0 Å². The third-order valence-electron chi connectivity index (χ3n) is 5.09. The van der Waals surface area contributed by atoms with Gasteiger partial charge in [0.25, 0.3) is 0 Å². The van der Waals surface area contributed by atoms with Gasteiger partial charge in [0.2, 0.25) is 5.95 Å². The molecule has 0 radical (unpaired) electrons. The molecule has 0 atom stereocenters. The standard InChI is InChI=1S/C20H24FN7/c1-26(2)19-17(21)13-24-20(25-19)27-10-6-15(7-11-27)18-23-9-12-28(18)14-16-5-3-4-8-22-16/h3-5,8-9,12-13,15H,6-7,10-11,14H2,1-2H3. The lowest BCUT2D eigenvalue weighted by Crippen LogP contribution is -2.35. The summed E-state index contributed by atoms with van der Waals surface area (Å²) in [4.78, 5) is 21.4. The normalized spacial score (nSPS) is 15.0. The van der Waals surface area contributed by atoms with E-state index < -0.39 is 5.82 Å². The number of hydrogen-bond acceptors (Lipinski definition) is 6. The van der Waals surface area contributed by atoms with Gasteiger partial charge in [-0.05, 0) is 25.0 Å². The fourth-order valence-electron chi connectivity index (χ4n) is 3.63. The number of anilines is 2. The molecule has 0 spiro atoms. The highest BCUT2D eigenvalue weighted by molar-refractivity contribution is 5.44. The zero-order valence-corrected chi connectivity index (χ0v) is 16.2. The first kappa shape index (κ1) is 18.3. The molecule has 1 aliphatic heterocycles. The third-order valence-corrected chi connectivity index (χ3v) is 5.09. The summed E-state index contributed by atoms with van der Waals surface area (Å²) in [5, 5.41) is 0. The van der Waals surface area contributed by atoms with E-state index in [1.165, 1.54) is 6.20 Å². The molecule has 0 aromatic carbocycles. The van der Waals surface area contributed by atoms with Gasteiger partial charge < -0.3 is 14.4 Å². The molecule has 4 rings (SSSR count). The van der Waals surface area contributed by atoms with Gasteiger partial charge >= 0.3 is 0 Å².